The Kier molecular flexibility index (Phi) is 6.33. The summed E-state index contributed by atoms with van der Waals surface area (Å²) in [6, 6.07) is 6.32. The molecule has 2 rings (SSSR count). The highest BCUT2D eigenvalue weighted by Crippen LogP contribution is 2.31. The van der Waals surface area contributed by atoms with Gasteiger partial charge in [0.05, 0.1) is 13.2 Å². The Morgan fingerprint density at radius 1 is 1.33 bits per heavy atom. The number of hydrogen-bond donors (Lipinski definition) is 1. The fourth-order valence-electron chi connectivity index (χ4n) is 2.48. The van der Waals surface area contributed by atoms with Crippen LogP contribution in [-0.4, -0.2) is 32.0 Å². The molecule has 1 fully saturated rings. The Hall–Kier alpha value is -1.26. The Morgan fingerprint density at radius 3 is 2.86 bits per heavy atom. The molecule has 1 aromatic carbocycles. The van der Waals surface area contributed by atoms with Crippen LogP contribution < -0.4 is 15.2 Å². The summed E-state index contributed by atoms with van der Waals surface area (Å²) in [6.07, 6.45) is 4.05. The van der Waals surface area contributed by atoms with Crippen molar-refractivity contribution in [1.29, 1.82) is 0 Å². The summed E-state index contributed by atoms with van der Waals surface area (Å²) in [4.78, 5) is 0. The average Bonchev–Trinajstić information content (AvgIpc) is 2.51. The van der Waals surface area contributed by atoms with Crippen LogP contribution >= 0.6 is 0 Å². The Balaban J connectivity index is 2.08. The van der Waals surface area contributed by atoms with Crippen LogP contribution in [-0.2, 0) is 11.2 Å². The van der Waals surface area contributed by atoms with Crippen LogP contribution in [0.15, 0.2) is 18.2 Å². The van der Waals surface area contributed by atoms with Crippen LogP contribution in [0.3, 0.4) is 0 Å². The van der Waals surface area contributed by atoms with E-state index < -0.39 is 0 Å². The van der Waals surface area contributed by atoms with Gasteiger partial charge in [0.1, 0.15) is 6.10 Å². The number of ether oxygens (including phenoxy) is 3. The third-order valence-electron chi connectivity index (χ3n) is 3.74. The van der Waals surface area contributed by atoms with Gasteiger partial charge in [-0.2, -0.15) is 0 Å². The normalized spacial score (nSPS) is 20.0. The molecule has 1 aromatic rings. The van der Waals surface area contributed by atoms with Gasteiger partial charge in [-0.3, -0.25) is 0 Å². The molecule has 0 saturated carbocycles. The second-order valence-electron chi connectivity index (χ2n) is 5.54. The first-order valence-electron chi connectivity index (χ1n) is 7.98. The van der Waals surface area contributed by atoms with Crippen molar-refractivity contribution in [3.63, 3.8) is 0 Å². The van der Waals surface area contributed by atoms with Crippen LogP contribution in [0.25, 0.3) is 0 Å². The van der Waals surface area contributed by atoms with Crippen LogP contribution in [0, 0.1) is 0 Å². The molecule has 0 amide bonds. The van der Waals surface area contributed by atoms with Crippen molar-refractivity contribution >= 4 is 0 Å². The minimum atomic E-state index is 0.127. The van der Waals surface area contributed by atoms with Gasteiger partial charge in [0.25, 0.3) is 0 Å². The SMILES string of the molecule is CCOc1cc(CC(N)CC)ccc1OC1CCCOC1. The molecule has 0 radical (unpaired) electrons. The molecule has 21 heavy (non-hydrogen) atoms. The summed E-state index contributed by atoms with van der Waals surface area (Å²) in [6.45, 7) is 6.22. The van der Waals surface area contributed by atoms with Crippen LogP contribution in [0.5, 0.6) is 11.5 Å². The highest BCUT2D eigenvalue weighted by atomic mass is 16.6. The van der Waals surface area contributed by atoms with E-state index in [4.69, 9.17) is 19.9 Å². The summed E-state index contributed by atoms with van der Waals surface area (Å²) in [5.41, 5.74) is 7.22. The van der Waals surface area contributed by atoms with Gasteiger partial charge in [-0.1, -0.05) is 13.0 Å². The summed E-state index contributed by atoms with van der Waals surface area (Å²) in [5.74, 6) is 1.62. The lowest BCUT2D eigenvalue weighted by molar-refractivity contribution is 0.00624. The third kappa shape index (κ3) is 4.90. The zero-order valence-electron chi connectivity index (χ0n) is 13.1. The van der Waals surface area contributed by atoms with E-state index in [0.717, 1.165) is 43.8 Å². The lowest BCUT2D eigenvalue weighted by Gasteiger charge is -2.24. The monoisotopic (exact) mass is 293 g/mol. The second-order valence-corrected chi connectivity index (χ2v) is 5.54. The standard InChI is InChI=1S/C17H27NO3/c1-3-14(18)10-13-7-8-16(17(11-13)20-4-2)21-15-6-5-9-19-12-15/h7-8,11,14-15H,3-6,9-10,12,18H2,1-2H3. The Labute approximate surface area is 127 Å². The molecule has 0 aliphatic carbocycles. The Bertz CT molecular complexity index is 430. The molecular weight excluding hydrogens is 266 g/mol. The highest BCUT2D eigenvalue weighted by molar-refractivity contribution is 5.43. The molecule has 2 unspecified atom stereocenters. The molecule has 0 aromatic heterocycles. The first-order valence-corrected chi connectivity index (χ1v) is 7.98. The van der Waals surface area contributed by atoms with Crippen molar-refractivity contribution in [2.45, 2.75) is 51.7 Å². The van der Waals surface area contributed by atoms with Crippen LogP contribution in [0.4, 0.5) is 0 Å². The maximum atomic E-state index is 6.04. The van der Waals surface area contributed by atoms with Crippen LogP contribution in [0.1, 0.15) is 38.7 Å². The second kappa shape index (κ2) is 8.25. The molecule has 4 nitrogen and oxygen atoms in total. The smallest absolute Gasteiger partial charge is 0.161 e. The minimum absolute atomic E-state index is 0.127. The van der Waals surface area contributed by atoms with Crippen molar-refractivity contribution in [2.75, 3.05) is 19.8 Å². The van der Waals surface area contributed by atoms with Crippen molar-refractivity contribution in [1.82, 2.24) is 0 Å². The number of hydrogen-bond acceptors (Lipinski definition) is 4. The number of benzene rings is 1. The fraction of sp³-hybridized carbons (Fsp3) is 0.647. The number of rotatable bonds is 7. The van der Waals surface area contributed by atoms with Crippen molar-refractivity contribution in [2.24, 2.45) is 5.73 Å². The molecule has 1 aliphatic heterocycles. The highest BCUT2D eigenvalue weighted by Gasteiger charge is 2.18. The zero-order chi connectivity index (χ0) is 15.1. The molecule has 0 bridgehead atoms. The van der Waals surface area contributed by atoms with Gasteiger partial charge in [0.2, 0.25) is 0 Å². The number of nitrogens with two attached hydrogens (primary N) is 1. The van der Waals surface area contributed by atoms with E-state index in [1.807, 2.05) is 13.0 Å². The van der Waals surface area contributed by atoms with Crippen molar-refractivity contribution in [3.05, 3.63) is 23.8 Å². The molecule has 2 atom stereocenters. The van der Waals surface area contributed by atoms with Crippen molar-refractivity contribution < 1.29 is 14.2 Å². The molecule has 2 N–H and O–H groups in total. The van der Waals surface area contributed by atoms with Gasteiger partial charge in [0, 0.05) is 12.6 Å². The average molecular weight is 293 g/mol. The van der Waals surface area contributed by atoms with Gasteiger partial charge in [-0.15, -0.1) is 0 Å². The van der Waals surface area contributed by atoms with E-state index in [0.29, 0.717) is 13.2 Å². The van der Waals surface area contributed by atoms with Gasteiger partial charge in [0.15, 0.2) is 11.5 Å². The molecule has 0 spiro atoms. The minimum Gasteiger partial charge on any atom is -0.490 e. The van der Waals surface area contributed by atoms with E-state index in [1.54, 1.807) is 0 Å². The largest absolute Gasteiger partial charge is 0.490 e. The van der Waals surface area contributed by atoms with Crippen LogP contribution in [0.2, 0.25) is 0 Å². The first kappa shape index (κ1) is 16.1. The molecule has 4 heteroatoms. The van der Waals surface area contributed by atoms with E-state index in [-0.39, 0.29) is 12.1 Å². The zero-order valence-corrected chi connectivity index (χ0v) is 13.1. The summed E-state index contributed by atoms with van der Waals surface area (Å²) in [5, 5.41) is 0. The Morgan fingerprint density at radius 2 is 2.19 bits per heavy atom. The fourth-order valence-corrected chi connectivity index (χ4v) is 2.48. The van der Waals surface area contributed by atoms with E-state index >= 15 is 0 Å². The summed E-state index contributed by atoms with van der Waals surface area (Å²) >= 11 is 0. The van der Waals surface area contributed by atoms with Gasteiger partial charge >= 0.3 is 0 Å². The lowest BCUT2D eigenvalue weighted by atomic mass is 10.0. The van der Waals surface area contributed by atoms with E-state index in [1.165, 1.54) is 5.56 Å². The molecular formula is C17H27NO3. The molecule has 1 aliphatic rings. The quantitative estimate of drug-likeness (QED) is 0.840. The maximum absolute atomic E-state index is 6.04. The van der Waals surface area contributed by atoms with E-state index in [2.05, 4.69) is 19.1 Å². The predicted octanol–water partition coefficient (Wildman–Crippen LogP) is 2.92. The predicted molar refractivity (Wildman–Crippen MR) is 84.1 cm³/mol. The van der Waals surface area contributed by atoms with Gasteiger partial charge < -0.3 is 19.9 Å². The van der Waals surface area contributed by atoms with Crippen molar-refractivity contribution in [3.8, 4) is 11.5 Å². The van der Waals surface area contributed by atoms with Gasteiger partial charge in [-0.25, -0.2) is 0 Å². The molecule has 1 heterocycles. The lowest BCUT2D eigenvalue weighted by Crippen LogP contribution is -2.28. The third-order valence-corrected chi connectivity index (χ3v) is 3.74. The van der Waals surface area contributed by atoms with Gasteiger partial charge in [-0.05, 0) is 50.3 Å². The maximum Gasteiger partial charge on any atom is 0.161 e. The summed E-state index contributed by atoms with van der Waals surface area (Å²) < 4.78 is 17.2. The molecule has 1 saturated heterocycles. The van der Waals surface area contributed by atoms with E-state index in [9.17, 15) is 0 Å². The summed E-state index contributed by atoms with van der Waals surface area (Å²) in [7, 11) is 0. The molecule has 118 valence electrons. The first-order chi connectivity index (χ1) is 10.2. The topological polar surface area (TPSA) is 53.7 Å².